The number of nitrogens with zero attached hydrogens (tertiary/aromatic N) is 2. The van der Waals surface area contributed by atoms with Gasteiger partial charge in [-0.1, -0.05) is 12.8 Å². The summed E-state index contributed by atoms with van der Waals surface area (Å²) in [7, 11) is -3.41. The molecule has 0 saturated carbocycles. The summed E-state index contributed by atoms with van der Waals surface area (Å²) in [6.07, 6.45) is 3.94. The van der Waals surface area contributed by atoms with E-state index >= 15 is 0 Å². The van der Waals surface area contributed by atoms with Gasteiger partial charge in [-0.3, -0.25) is 4.79 Å². The first kappa shape index (κ1) is 12.8. The van der Waals surface area contributed by atoms with E-state index in [1.807, 2.05) is 0 Å². The number of hydrogen-bond donors (Lipinski definition) is 1. The van der Waals surface area contributed by atoms with Crippen LogP contribution in [0.3, 0.4) is 0 Å². The summed E-state index contributed by atoms with van der Waals surface area (Å²) in [6.45, 7) is 1.37. The van der Waals surface area contributed by atoms with Gasteiger partial charge in [0.15, 0.2) is 0 Å². The molecular formula is C10H18N2O4S. The summed E-state index contributed by atoms with van der Waals surface area (Å²) >= 11 is 0. The molecule has 2 aliphatic heterocycles. The maximum absolute atomic E-state index is 12.1. The summed E-state index contributed by atoms with van der Waals surface area (Å²) in [4.78, 5) is 10.7. The van der Waals surface area contributed by atoms with Crippen LogP contribution in [0, 0.1) is 5.92 Å². The minimum Gasteiger partial charge on any atom is -0.481 e. The van der Waals surface area contributed by atoms with Gasteiger partial charge in [0.25, 0.3) is 10.2 Å². The van der Waals surface area contributed by atoms with Gasteiger partial charge in [-0.25, -0.2) is 0 Å². The van der Waals surface area contributed by atoms with Crippen molar-refractivity contribution in [3.8, 4) is 0 Å². The van der Waals surface area contributed by atoms with Crippen LogP contribution in [0.25, 0.3) is 0 Å². The standard InChI is InChI=1S/C10H18N2O4S/c13-10(14)9-7-12(8-9)17(15,16)11-5-3-1-2-4-6-11/h9H,1-8H2,(H,13,14). The van der Waals surface area contributed by atoms with Crippen LogP contribution in [0.4, 0.5) is 0 Å². The number of carboxylic acids is 1. The minimum atomic E-state index is -3.41. The molecule has 2 heterocycles. The highest BCUT2D eigenvalue weighted by molar-refractivity contribution is 7.86. The molecule has 2 rings (SSSR count). The first-order valence-corrected chi connectivity index (χ1v) is 7.39. The van der Waals surface area contributed by atoms with Crippen LogP contribution < -0.4 is 0 Å². The molecular weight excluding hydrogens is 244 g/mol. The second-order valence-electron chi connectivity index (χ2n) is 4.67. The fraction of sp³-hybridized carbons (Fsp3) is 0.900. The maximum atomic E-state index is 12.1. The highest BCUT2D eigenvalue weighted by atomic mass is 32.2. The SMILES string of the molecule is O=C(O)C1CN(S(=O)(=O)N2CCCCCC2)C1. The lowest BCUT2D eigenvalue weighted by Crippen LogP contribution is -2.57. The summed E-state index contributed by atoms with van der Waals surface area (Å²) in [5.41, 5.74) is 0. The lowest BCUT2D eigenvalue weighted by Gasteiger charge is -2.38. The Morgan fingerprint density at radius 3 is 2.00 bits per heavy atom. The Bertz CT molecular complexity index is 381. The van der Waals surface area contributed by atoms with Gasteiger partial charge < -0.3 is 5.11 Å². The molecule has 0 aliphatic carbocycles. The molecule has 0 radical (unpaired) electrons. The highest BCUT2D eigenvalue weighted by Crippen LogP contribution is 2.24. The van der Waals surface area contributed by atoms with Crippen molar-refractivity contribution in [1.82, 2.24) is 8.61 Å². The molecule has 2 fully saturated rings. The molecule has 0 unspecified atom stereocenters. The van der Waals surface area contributed by atoms with Crippen molar-refractivity contribution >= 4 is 16.2 Å². The van der Waals surface area contributed by atoms with E-state index in [9.17, 15) is 13.2 Å². The first-order valence-electron chi connectivity index (χ1n) is 6.00. The van der Waals surface area contributed by atoms with Gasteiger partial charge in [0.2, 0.25) is 0 Å². The third kappa shape index (κ3) is 2.61. The van der Waals surface area contributed by atoms with Crippen LogP contribution in [0.1, 0.15) is 25.7 Å². The van der Waals surface area contributed by atoms with Crippen molar-refractivity contribution in [2.24, 2.45) is 5.92 Å². The predicted octanol–water partition coefficient (Wildman–Crippen LogP) is 0.124. The van der Waals surface area contributed by atoms with E-state index in [-0.39, 0.29) is 13.1 Å². The normalized spacial score (nSPS) is 25.2. The fourth-order valence-electron chi connectivity index (χ4n) is 2.22. The second-order valence-corrected chi connectivity index (χ2v) is 6.60. The largest absolute Gasteiger partial charge is 0.481 e. The average molecular weight is 262 g/mol. The smallest absolute Gasteiger partial charge is 0.309 e. The number of aliphatic carboxylic acids is 1. The van der Waals surface area contributed by atoms with Gasteiger partial charge in [0, 0.05) is 26.2 Å². The summed E-state index contributed by atoms with van der Waals surface area (Å²) in [5.74, 6) is -1.44. The molecule has 1 N–H and O–H groups in total. The Morgan fingerprint density at radius 2 is 1.53 bits per heavy atom. The van der Waals surface area contributed by atoms with Crippen LogP contribution in [-0.4, -0.2) is 54.3 Å². The molecule has 6 nitrogen and oxygen atoms in total. The van der Waals surface area contributed by atoms with Gasteiger partial charge in [0.1, 0.15) is 0 Å². The number of hydrogen-bond acceptors (Lipinski definition) is 3. The third-order valence-electron chi connectivity index (χ3n) is 3.41. The predicted molar refractivity (Wildman–Crippen MR) is 61.7 cm³/mol. The minimum absolute atomic E-state index is 0.119. The van der Waals surface area contributed by atoms with Gasteiger partial charge in [0.05, 0.1) is 5.92 Å². The van der Waals surface area contributed by atoms with Gasteiger partial charge in [-0.2, -0.15) is 17.0 Å². The van der Waals surface area contributed by atoms with Crippen LogP contribution in [0.15, 0.2) is 0 Å². The van der Waals surface area contributed by atoms with E-state index in [1.165, 1.54) is 8.61 Å². The third-order valence-corrected chi connectivity index (χ3v) is 5.38. The van der Waals surface area contributed by atoms with E-state index in [0.29, 0.717) is 13.1 Å². The van der Waals surface area contributed by atoms with E-state index in [4.69, 9.17) is 5.11 Å². The molecule has 0 aromatic carbocycles. The highest BCUT2D eigenvalue weighted by Gasteiger charge is 2.42. The lowest BCUT2D eigenvalue weighted by atomic mass is 10.0. The van der Waals surface area contributed by atoms with E-state index in [2.05, 4.69) is 0 Å². The van der Waals surface area contributed by atoms with Crippen molar-refractivity contribution in [3.05, 3.63) is 0 Å². The molecule has 17 heavy (non-hydrogen) atoms. The van der Waals surface area contributed by atoms with Crippen molar-refractivity contribution < 1.29 is 18.3 Å². The van der Waals surface area contributed by atoms with Gasteiger partial charge in [-0.15, -0.1) is 0 Å². The van der Waals surface area contributed by atoms with Crippen molar-refractivity contribution in [1.29, 1.82) is 0 Å². The fourth-order valence-corrected chi connectivity index (χ4v) is 4.00. The van der Waals surface area contributed by atoms with Crippen LogP contribution >= 0.6 is 0 Å². The van der Waals surface area contributed by atoms with Gasteiger partial charge in [-0.05, 0) is 12.8 Å². The van der Waals surface area contributed by atoms with E-state index in [1.54, 1.807) is 0 Å². The molecule has 98 valence electrons. The zero-order chi connectivity index (χ0) is 12.5. The number of carbonyl (C=O) groups is 1. The Balaban J connectivity index is 1.97. The average Bonchev–Trinajstić information content (AvgIpc) is 2.41. The van der Waals surface area contributed by atoms with E-state index < -0.39 is 22.1 Å². The Morgan fingerprint density at radius 1 is 1.00 bits per heavy atom. The number of carboxylic acid groups (broad SMARTS) is 1. The second kappa shape index (κ2) is 4.91. The Labute approximate surface area is 101 Å². The summed E-state index contributed by atoms with van der Waals surface area (Å²) < 4.78 is 27.1. The number of rotatable bonds is 3. The molecule has 0 spiro atoms. The molecule has 0 aromatic heterocycles. The van der Waals surface area contributed by atoms with Crippen LogP contribution in [0.5, 0.6) is 0 Å². The summed E-state index contributed by atoms with van der Waals surface area (Å²) in [5, 5.41) is 8.74. The quantitative estimate of drug-likeness (QED) is 0.784. The van der Waals surface area contributed by atoms with Crippen LogP contribution in [-0.2, 0) is 15.0 Å². The summed E-state index contributed by atoms with van der Waals surface area (Å²) in [6, 6.07) is 0. The van der Waals surface area contributed by atoms with E-state index in [0.717, 1.165) is 25.7 Å². The van der Waals surface area contributed by atoms with Crippen molar-refractivity contribution in [3.63, 3.8) is 0 Å². The maximum Gasteiger partial charge on any atom is 0.309 e. The van der Waals surface area contributed by atoms with Crippen molar-refractivity contribution in [2.45, 2.75) is 25.7 Å². The molecule has 0 atom stereocenters. The molecule has 0 aromatic rings. The zero-order valence-corrected chi connectivity index (χ0v) is 10.5. The lowest BCUT2D eigenvalue weighted by molar-refractivity contribution is -0.145. The zero-order valence-electron chi connectivity index (χ0n) is 9.71. The molecule has 0 bridgehead atoms. The molecule has 7 heteroatoms. The monoisotopic (exact) mass is 262 g/mol. The molecule has 2 saturated heterocycles. The van der Waals surface area contributed by atoms with Crippen molar-refractivity contribution in [2.75, 3.05) is 26.2 Å². The topological polar surface area (TPSA) is 77.9 Å². The Hall–Kier alpha value is -0.660. The molecule has 2 aliphatic rings. The first-order chi connectivity index (χ1) is 8.01. The Kier molecular flexibility index (Phi) is 3.70. The van der Waals surface area contributed by atoms with Gasteiger partial charge >= 0.3 is 5.97 Å². The van der Waals surface area contributed by atoms with Crippen LogP contribution in [0.2, 0.25) is 0 Å². The molecule has 0 amide bonds.